The van der Waals surface area contributed by atoms with E-state index in [0.717, 1.165) is 15.0 Å². The molecule has 0 saturated heterocycles. The monoisotopic (exact) mass is 406 g/mol. The molecule has 2 aromatic carbocycles. The van der Waals surface area contributed by atoms with Crippen molar-refractivity contribution in [2.45, 2.75) is 6.92 Å². The van der Waals surface area contributed by atoms with Crippen molar-refractivity contribution < 1.29 is 4.79 Å². The fourth-order valence-electron chi connectivity index (χ4n) is 2.08. The lowest BCUT2D eigenvalue weighted by Gasteiger charge is -2.06. The Hall–Kier alpha value is -1.69. The number of amides is 1. The minimum absolute atomic E-state index is 0.202. The molecule has 0 aliphatic carbocycles. The number of hydrogen-bond acceptors (Lipinski definition) is 3. The van der Waals surface area contributed by atoms with Gasteiger partial charge >= 0.3 is 0 Å². The number of aryl methyl sites for hydroxylation is 1. The molecule has 6 heteroatoms. The fraction of sp³-hybridized carbons (Fsp3) is 0.0588. The molecule has 0 fully saturated rings. The van der Waals surface area contributed by atoms with Gasteiger partial charge in [0, 0.05) is 10.0 Å². The van der Waals surface area contributed by atoms with E-state index in [2.05, 4.69) is 26.2 Å². The topological polar surface area (TPSA) is 42.0 Å². The van der Waals surface area contributed by atoms with Gasteiger partial charge in [0.25, 0.3) is 5.91 Å². The van der Waals surface area contributed by atoms with Gasteiger partial charge in [-0.05, 0) is 25.1 Å². The first-order valence-corrected chi connectivity index (χ1v) is 8.82. The Bertz CT molecular complexity index is 864. The molecule has 1 N–H and O–H groups in total. The van der Waals surface area contributed by atoms with Gasteiger partial charge in [-0.15, -0.1) is 11.3 Å². The van der Waals surface area contributed by atoms with Crippen LogP contribution in [0.5, 0.6) is 0 Å². The summed E-state index contributed by atoms with van der Waals surface area (Å²) >= 11 is 10.9. The molecule has 0 bridgehead atoms. The zero-order valence-electron chi connectivity index (χ0n) is 12.1. The van der Waals surface area contributed by atoms with Crippen molar-refractivity contribution in [3.63, 3.8) is 0 Å². The number of hydrogen-bond donors (Lipinski definition) is 1. The Morgan fingerprint density at radius 2 is 1.96 bits per heavy atom. The van der Waals surface area contributed by atoms with E-state index in [1.165, 1.54) is 11.3 Å². The average molecular weight is 408 g/mol. The maximum absolute atomic E-state index is 12.5. The number of thiazole rings is 1. The Balaban J connectivity index is 1.87. The van der Waals surface area contributed by atoms with Gasteiger partial charge in [-0.25, -0.2) is 4.98 Å². The molecule has 0 saturated carbocycles. The van der Waals surface area contributed by atoms with E-state index in [0.29, 0.717) is 21.3 Å². The van der Waals surface area contributed by atoms with Crippen molar-refractivity contribution in [3.05, 3.63) is 68.6 Å². The molecule has 0 unspecified atom stereocenters. The first kappa shape index (κ1) is 16.2. The fourth-order valence-corrected chi connectivity index (χ4v) is 3.77. The smallest absolute Gasteiger partial charge is 0.267 e. The summed E-state index contributed by atoms with van der Waals surface area (Å²) in [6.07, 6.45) is 0. The van der Waals surface area contributed by atoms with Crippen LogP contribution in [0.15, 0.2) is 53.0 Å². The number of rotatable bonds is 3. The van der Waals surface area contributed by atoms with Crippen molar-refractivity contribution in [2.24, 2.45) is 0 Å². The molecular formula is C17H12BrClN2OS. The molecule has 116 valence electrons. The summed E-state index contributed by atoms with van der Waals surface area (Å²) in [6, 6.07) is 15.1. The molecule has 0 radical (unpaired) electrons. The third-order valence-corrected chi connectivity index (χ3v) is 5.21. The number of anilines is 1. The summed E-state index contributed by atoms with van der Waals surface area (Å²) < 4.78 is 0.862. The van der Waals surface area contributed by atoms with Gasteiger partial charge in [-0.2, -0.15) is 0 Å². The zero-order chi connectivity index (χ0) is 16.4. The first-order valence-electron chi connectivity index (χ1n) is 6.84. The lowest BCUT2D eigenvalue weighted by molar-refractivity contribution is 0.103. The van der Waals surface area contributed by atoms with Crippen LogP contribution in [-0.4, -0.2) is 10.9 Å². The molecule has 0 atom stereocenters. The molecule has 3 rings (SSSR count). The minimum Gasteiger partial charge on any atom is -0.320 e. The van der Waals surface area contributed by atoms with E-state index >= 15 is 0 Å². The van der Waals surface area contributed by atoms with E-state index in [1.807, 2.05) is 43.3 Å². The standard InChI is InChI=1S/C17H12BrClN2OS/c1-10-15(23-17(20-10)11-5-3-2-4-6-11)16(22)21-14-8-7-12(18)9-13(14)19/h2-9H,1H3,(H,21,22). The van der Waals surface area contributed by atoms with Crippen molar-refractivity contribution >= 4 is 50.5 Å². The number of carbonyl (C=O) groups excluding carboxylic acids is 1. The van der Waals surface area contributed by atoms with Crippen LogP contribution in [0.3, 0.4) is 0 Å². The first-order chi connectivity index (χ1) is 11.0. The Labute approximate surface area is 151 Å². The summed E-state index contributed by atoms with van der Waals surface area (Å²) in [5.74, 6) is -0.202. The van der Waals surface area contributed by atoms with Crippen molar-refractivity contribution in [2.75, 3.05) is 5.32 Å². The number of nitrogens with one attached hydrogen (secondary N) is 1. The summed E-state index contributed by atoms with van der Waals surface area (Å²) in [4.78, 5) is 17.6. The lowest BCUT2D eigenvalue weighted by atomic mass is 10.2. The van der Waals surface area contributed by atoms with Crippen LogP contribution in [0.2, 0.25) is 5.02 Å². The molecule has 3 aromatic rings. The molecule has 0 spiro atoms. The van der Waals surface area contributed by atoms with Gasteiger partial charge in [0.2, 0.25) is 0 Å². The van der Waals surface area contributed by atoms with E-state index in [1.54, 1.807) is 12.1 Å². The van der Waals surface area contributed by atoms with Gasteiger partial charge in [0.05, 0.1) is 16.4 Å². The van der Waals surface area contributed by atoms with Crippen LogP contribution in [0.25, 0.3) is 10.6 Å². The number of nitrogens with zero attached hydrogens (tertiary/aromatic N) is 1. The number of aromatic nitrogens is 1. The van der Waals surface area contributed by atoms with E-state index < -0.39 is 0 Å². The maximum Gasteiger partial charge on any atom is 0.267 e. The summed E-state index contributed by atoms with van der Waals surface area (Å²) in [6.45, 7) is 1.83. The normalized spacial score (nSPS) is 10.6. The Morgan fingerprint density at radius 3 is 2.65 bits per heavy atom. The molecule has 3 nitrogen and oxygen atoms in total. The van der Waals surface area contributed by atoms with Gasteiger partial charge in [-0.3, -0.25) is 4.79 Å². The summed E-state index contributed by atoms with van der Waals surface area (Å²) in [5, 5.41) is 4.15. The molecule has 0 aliphatic heterocycles. The second-order valence-electron chi connectivity index (χ2n) is 4.88. The predicted molar refractivity (Wildman–Crippen MR) is 99.4 cm³/mol. The molecule has 23 heavy (non-hydrogen) atoms. The zero-order valence-corrected chi connectivity index (χ0v) is 15.3. The highest BCUT2D eigenvalue weighted by atomic mass is 79.9. The second kappa shape index (κ2) is 6.83. The summed E-state index contributed by atoms with van der Waals surface area (Å²) in [7, 11) is 0. The van der Waals surface area contributed by atoms with Crippen LogP contribution in [-0.2, 0) is 0 Å². The third kappa shape index (κ3) is 3.63. The maximum atomic E-state index is 12.5. The number of carbonyl (C=O) groups is 1. The third-order valence-electron chi connectivity index (χ3n) is 3.20. The van der Waals surface area contributed by atoms with Gasteiger partial charge in [-0.1, -0.05) is 57.9 Å². The Morgan fingerprint density at radius 1 is 1.22 bits per heavy atom. The van der Waals surface area contributed by atoms with Gasteiger partial charge in [0.1, 0.15) is 9.88 Å². The highest BCUT2D eigenvalue weighted by Crippen LogP contribution is 2.30. The van der Waals surface area contributed by atoms with Crippen molar-refractivity contribution in [1.29, 1.82) is 0 Å². The molecule has 0 aliphatic rings. The average Bonchev–Trinajstić information content (AvgIpc) is 2.93. The van der Waals surface area contributed by atoms with Gasteiger partial charge < -0.3 is 5.32 Å². The lowest BCUT2D eigenvalue weighted by Crippen LogP contribution is -2.11. The highest BCUT2D eigenvalue weighted by Gasteiger charge is 2.17. The second-order valence-corrected chi connectivity index (χ2v) is 7.20. The minimum atomic E-state index is -0.202. The quantitative estimate of drug-likeness (QED) is 0.597. The van der Waals surface area contributed by atoms with Crippen LogP contribution in [0, 0.1) is 6.92 Å². The van der Waals surface area contributed by atoms with Crippen molar-refractivity contribution in [3.8, 4) is 10.6 Å². The molecule has 1 aromatic heterocycles. The largest absolute Gasteiger partial charge is 0.320 e. The van der Waals surface area contributed by atoms with Crippen LogP contribution in [0.1, 0.15) is 15.4 Å². The predicted octanol–water partition coefficient (Wildman–Crippen LogP) is 5.79. The molecular weight excluding hydrogens is 396 g/mol. The highest BCUT2D eigenvalue weighted by molar-refractivity contribution is 9.10. The summed E-state index contributed by atoms with van der Waals surface area (Å²) in [5.41, 5.74) is 2.29. The Kier molecular flexibility index (Phi) is 4.80. The molecule has 1 amide bonds. The van der Waals surface area contributed by atoms with E-state index in [-0.39, 0.29) is 5.91 Å². The van der Waals surface area contributed by atoms with E-state index in [9.17, 15) is 4.79 Å². The van der Waals surface area contributed by atoms with Gasteiger partial charge in [0.15, 0.2) is 0 Å². The van der Waals surface area contributed by atoms with E-state index in [4.69, 9.17) is 11.6 Å². The number of benzene rings is 2. The van der Waals surface area contributed by atoms with Crippen LogP contribution >= 0.6 is 38.9 Å². The molecule has 1 heterocycles. The number of halogens is 2. The van der Waals surface area contributed by atoms with Crippen LogP contribution in [0.4, 0.5) is 5.69 Å². The SMILES string of the molecule is Cc1nc(-c2ccccc2)sc1C(=O)Nc1ccc(Br)cc1Cl. The van der Waals surface area contributed by atoms with Crippen molar-refractivity contribution in [1.82, 2.24) is 4.98 Å². The van der Waals surface area contributed by atoms with Crippen LogP contribution < -0.4 is 5.32 Å².